The van der Waals surface area contributed by atoms with E-state index in [9.17, 15) is 0 Å². The van der Waals surface area contributed by atoms with E-state index in [0.29, 0.717) is 17.8 Å². The van der Waals surface area contributed by atoms with Crippen molar-refractivity contribution in [2.45, 2.75) is 30.2 Å². The van der Waals surface area contributed by atoms with E-state index in [2.05, 4.69) is 91.8 Å². The molecule has 0 saturated heterocycles. The molecule has 1 nitrogen and oxygen atoms in total. The maximum Gasteiger partial charge on any atom is 0.0397 e. The fourth-order valence-corrected chi connectivity index (χ4v) is 4.69. The lowest BCUT2D eigenvalue weighted by Crippen LogP contribution is -2.52. The molecule has 0 aromatic heterocycles. The quantitative estimate of drug-likeness (QED) is 0.734. The number of rotatable bonds is 3. The molecule has 23 heavy (non-hydrogen) atoms. The standard InChI is InChI=1S/C22H25N/c1-23(2)22-14-13-19(20(15-22)17-9-5-3-6-10-17)21(16-22)18-11-7-4-8-12-18/h3-14,19-21H,15-16H2,1-2H3. The summed E-state index contributed by atoms with van der Waals surface area (Å²) < 4.78 is 0. The molecular weight excluding hydrogens is 278 g/mol. The van der Waals surface area contributed by atoms with Crippen LogP contribution in [-0.4, -0.2) is 24.5 Å². The summed E-state index contributed by atoms with van der Waals surface area (Å²) in [6.07, 6.45) is 7.45. The molecule has 0 heterocycles. The van der Waals surface area contributed by atoms with Gasteiger partial charge in [0.1, 0.15) is 0 Å². The highest BCUT2D eigenvalue weighted by Crippen LogP contribution is 2.55. The lowest BCUT2D eigenvalue weighted by molar-refractivity contribution is 0.0872. The summed E-state index contributed by atoms with van der Waals surface area (Å²) in [5.41, 5.74) is 3.18. The second-order valence-electron chi connectivity index (χ2n) is 7.38. The van der Waals surface area contributed by atoms with Crippen LogP contribution >= 0.6 is 0 Å². The molecule has 1 fully saturated rings. The Kier molecular flexibility index (Phi) is 3.61. The topological polar surface area (TPSA) is 3.24 Å². The van der Waals surface area contributed by atoms with Gasteiger partial charge in [-0.3, -0.25) is 0 Å². The first-order valence-electron chi connectivity index (χ1n) is 8.66. The van der Waals surface area contributed by atoms with Crippen molar-refractivity contribution in [1.82, 2.24) is 4.90 Å². The Morgan fingerprint density at radius 2 is 1.26 bits per heavy atom. The Balaban J connectivity index is 1.78. The molecule has 5 rings (SSSR count). The number of hydrogen-bond acceptors (Lipinski definition) is 1. The Morgan fingerprint density at radius 1 is 0.783 bits per heavy atom. The Bertz CT molecular complexity index is 637. The predicted octanol–water partition coefficient (Wildman–Crippen LogP) is 4.83. The van der Waals surface area contributed by atoms with Gasteiger partial charge in [-0.25, -0.2) is 0 Å². The van der Waals surface area contributed by atoms with Gasteiger partial charge >= 0.3 is 0 Å². The summed E-state index contributed by atoms with van der Waals surface area (Å²) in [5.74, 6) is 1.84. The van der Waals surface area contributed by atoms with Gasteiger partial charge in [-0.15, -0.1) is 0 Å². The first-order chi connectivity index (χ1) is 11.2. The van der Waals surface area contributed by atoms with E-state index in [-0.39, 0.29) is 5.54 Å². The lowest BCUT2D eigenvalue weighted by atomic mass is 9.56. The minimum absolute atomic E-state index is 0.190. The van der Waals surface area contributed by atoms with Crippen molar-refractivity contribution in [2.24, 2.45) is 5.92 Å². The van der Waals surface area contributed by atoms with Crippen molar-refractivity contribution in [3.05, 3.63) is 83.9 Å². The number of likely N-dealkylation sites (N-methyl/N-ethyl adjacent to an activating group) is 1. The fraction of sp³-hybridized carbons (Fsp3) is 0.364. The zero-order chi connectivity index (χ0) is 15.9. The highest BCUT2D eigenvalue weighted by Gasteiger charge is 2.49. The molecule has 2 unspecified atom stereocenters. The minimum atomic E-state index is 0.190. The summed E-state index contributed by atoms with van der Waals surface area (Å²) >= 11 is 0. The van der Waals surface area contributed by atoms with E-state index < -0.39 is 0 Å². The molecule has 1 heteroatoms. The third-order valence-electron chi connectivity index (χ3n) is 6.05. The highest BCUT2D eigenvalue weighted by molar-refractivity contribution is 5.36. The molecule has 2 aromatic rings. The first kappa shape index (κ1) is 14.7. The summed E-state index contributed by atoms with van der Waals surface area (Å²) in [5, 5.41) is 0. The van der Waals surface area contributed by atoms with Gasteiger partial charge < -0.3 is 4.90 Å². The number of benzene rings is 2. The molecular formula is C22H25N. The van der Waals surface area contributed by atoms with Crippen LogP contribution in [-0.2, 0) is 0 Å². The Hall–Kier alpha value is -1.86. The van der Waals surface area contributed by atoms with Crippen molar-refractivity contribution in [3.8, 4) is 0 Å². The minimum Gasteiger partial charge on any atom is -0.300 e. The van der Waals surface area contributed by atoms with Crippen LogP contribution in [0.4, 0.5) is 0 Å². The second-order valence-corrected chi connectivity index (χ2v) is 7.38. The summed E-state index contributed by atoms with van der Waals surface area (Å²) in [6.45, 7) is 0. The summed E-state index contributed by atoms with van der Waals surface area (Å²) in [4.78, 5) is 2.44. The molecule has 0 radical (unpaired) electrons. The van der Waals surface area contributed by atoms with E-state index in [1.165, 1.54) is 24.0 Å². The smallest absolute Gasteiger partial charge is 0.0397 e. The molecule has 3 aliphatic carbocycles. The van der Waals surface area contributed by atoms with Gasteiger partial charge in [-0.2, -0.15) is 0 Å². The number of nitrogens with zero attached hydrogens (tertiary/aromatic N) is 1. The third kappa shape index (κ3) is 2.44. The largest absolute Gasteiger partial charge is 0.300 e. The lowest BCUT2D eigenvalue weighted by Gasteiger charge is -2.54. The Labute approximate surface area is 139 Å². The van der Waals surface area contributed by atoms with Gasteiger partial charge in [0.25, 0.3) is 0 Å². The monoisotopic (exact) mass is 303 g/mol. The highest BCUT2D eigenvalue weighted by atomic mass is 15.1. The van der Waals surface area contributed by atoms with Gasteiger partial charge in [0.15, 0.2) is 0 Å². The van der Waals surface area contributed by atoms with Crippen molar-refractivity contribution in [1.29, 1.82) is 0 Å². The molecule has 1 saturated carbocycles. The molecule has 3 aliphatic rings. The third-order valence-corrected chi connectivity index (χ3v) is 6.05. The average molecular weight is 303 g/mol. The zero-order valence-electron chi connectivity index (χ0n) is 14.0. The maximum absolute atomic E-state index is 2.50. The summed E-state index contributed by atoms with van der Waals surface area (Å²) in [6, 6.07) is 22.2. The molecule has 0 spiro atoms. The van der Waals surface area contributed by atoms with Crippen LogP contribution in [0, 0.1) is 5.92 Å². The number of hydrogen-bond donors (Lipinski definition) is 0. The van der Waals surface area contributed by atoms with E-state index in [1.807, 2.05) is 0 Å². The Morgan fingerprint density at radius 3 is 1.70 bits per heavy atom. The van der Waals surface area contributed by atoms with Crippen LogP contribution < -0.4 is 0 Å². The predicted molar refractivity (Wildman–Crippen MR) is 96.6 cm³/mol. The van der Waals surface area contributed by atoms with Crippen LogP contribution in [0.1, 0.15) is 35.8 Å². The molecule has 2 aromatic carbocycles. The number of fused-ring (bicyclic) bond motifs is 2. The average Bonchev–Trinajstić information content (AvgIpc) is 2.63. The molecule has 2 bridgehead atoms. The van der Waals surface area contributed by atoms with E-state index >= 15 is 0 Å². The first-order valence-corrected chi connectivity index (χ1v) is 8.66. The maximum atomic E-state index is 2.50. The van der Waals surface area contributed by atoms with Crippen LogP contribution in [0.25, 0.3) is 0 Å². The van der Waals surface area contributed by atoms with Crippen molar-refractivity contribution >= 4 is 0 Å². The normalized spacial score (nSPS) is 32.4. The number of allylic oxidation sites excluding steroid dienone is 1. The SMILES string of the molecule is CN(C)C12C=CC(C(c3ccccc3)C1)C(c1ccccc1)C2. The molecule has 0 amide bonds. The van der Waals surface area contributed by atoms with Crippen LogP contribution in [0.2, 0.25) is 0 Å². The van der Waals surface area contributed by atoms with Gasteiger partial charge in [0.05, 0.1) is 0 Å². The van der Waals surface area contributed by atoms with Gasteiger partial charge in [0, 0.05) is 5.54 Å². The van der Waals surface area contributed by atoms with Crippen molar-refractivity contribution in [3.63, 3.8) is 0 Å². The van der Waals surface area contributed by atoms with Gasteiger partial charge in [-0.05, 0) is 55.8 Å². The fourth-order valence-electron chi connectivity index (χ4n) is 4.69. The van der Waals surface area contributed by atoms with Crippen LogP contribution in [0.15, 0.2) is 72.8 Å². The van der Waals surface area contributed by atoms with Gasteiger partial charge in [0.2, 0.25) is 0 Å². The van der Waals surface area contributed by atoms with Gasteiger partial charge in [-0.1, -0.05) is 72.8 Å². The molecule has 2 atom stereocenters. The second kappa shape index (κ2) is 5.65. The van der Waals surface area contributed by atoms with Crippen molar-refractivity contribution in [2.75, 3.05) is 14.1 Å². The zero-order valence-corrected chi connectivity index (χ0v) is 14.0. The molecule has 0 aliphatic heterocycles. The van der Waals surface area contributed by atoms with Crippen LogP contribution in [0.3, 0.4) is 0 Å². The van der Waals surface area contributed by atoms with Crippen molar-refractivity contribution < 1.29 is 0 Å². The van der Waals surface area contributed by atoms with E-state index in [4.69, 9.17) is 0 Å². The molecule has 0 N–H and O–H groups in total. The summed E-state index contributed by atoms with van der Waals surface area (Å²) in [7, 11) is 4.47. The van der Waals surface area contributed by atoms with Crippen LogP contribution in [0.5, 0.6) is 0 Å². The molecule has 118 valence electrons. The van der Waals surface area contributed by atoms with E-state index in [1.54, 1.807) is 0 Å². The van der Waals surface area contributed by atoms with E-state index in [0.717, 1.165) is 0 Å².